The van der Waals surface area contributed by atoms with Crippen LogP contribution in [-0.4, -0.2) is 22.9 Å². The molecule has 5 heteroatoms. The highest BCUT2D eigenvalue weighted by Crippen LogP contribution is 2.29. The first-order chi connectivity index (χ1) is 10.8. The first kappa shape index (κ1) is 17.3. The Morgan fingerprint density at radius 1 is 1.22 bits per heavy atom. The molecule has 0 aliphatic rings. The lowest BCUT2D eigenvalue weighted by Gasteiger charge is -2.27. The fourth-order valence-corrected chi connectivity index (χ4v) is 2.48. The van der Waals surface area contributed by atoms with Gasteiger partial charge in [0.1, 0.15) is 11.4 Å². The molecule has 0 saturated heterocycles. The second kappa shape index (κ2) is 7.04. The van der Waals surface area contributed by atoms with E-state index in [2.05, 4.69) is 4.98 Å². The van der Waals surface area contributed by atoms with Crippen molar-refractivity contribution >= 4 is 29.4 Å². The third-order valence-electron chi connectivity index (χ3n) is 3.02. The Morgan fingerprint density at radius 3 is 2.57 bits per heavy atom. The maximum absolute atomic E-state index is 12.7. The fourth-order valence-electron chi connectivity index (χ4n) is 2.03. The molecule has 1 aromatic carbocycles. The van der Waals surface area contributed by atoms with Crippen LogP contribution in [0.25, 0.3) is 0 Å². The average molecular weight is 330 g/mol. The molecule has 0 aliphatic carbocycles. The summed E-state index contributed by atoms with van der Waals surface area (Å²) in [7, 11) is 0. The summed E-state index contributed by atoms with van der Waals surface area (Å²) in [6.07, 6.45) is 3.26. The highest BCUT2D eigenvalue weighted by atomic mass is 32.2. The Morgan fingerprint density at radius 2 is 1.96 bits per heavy atom. The lowest BCUT2D eigenvalue weighted by molar-refractivity contribution is 0.0598. The van der Waals surface area contributed by atoms with E-state index < -0.39 is 11.7 Å². The van der Waals surface area contributed by atoms with Crippen molar-refractivity contribution in [2.45, 2.75) is 38.2 Å². The van der Waals surface area contributed by atoms with Crippen molar-refractivity contribution in [3.63, 3.8) is 0 Å². The zero-order valence-corrected chi connectivity index (χ0v) is 15.0. The molecule has 0 unspecified atom stereocenters. The number of pyridine rings is 1. The number of benzene rings is 1. The number of thioether (sulfide) groups is 1. The molecule has 0 atom stereocenters. The van der Waals surface area contributed by atoms with Crippen molar-refractivity contribution in [2.75, 3.05) is 11.2 Å². The molecule has 0 bridgehead atoms. The third kappa shape index (κ3) is 4.73. The van der Waals surface area contributed by atoms with Crippen LogP contribution in [0.4, 0.5) is 16.3 Å². The number of aromatic nitrogens is 1. The Kier molecular flexibility index (Phi) is 5.31. The maximum atomic E-state index is 12.7. The third-order valence-corrected chi connectivity index (χ3v) is 3.74. The summed E-state index contributed by atoms with van der Waals surface area (Å²) in [5.41, 5.74) is 1.20. The fraction of sp³-hybridized carbons (Fsp3) is 0.333. The zero-order valence-electron chi connectivity index (χ0n) is 14.2. The maximum Gasteiger partial charge on any atom is 0.420 e. The molecule has 0 saturated carbocycles. The van der Waals surface area contributed by atoms with Gasteiger partial charge >= 0.3 is 6.09 Å². The molecule has 0 fully saturated rings. The molecule has 2 rings (SSSR count). The number of hydrogen-bond donors (Lipinski definition) is 0. The van der Waals surface area contributed by atoms with Crippen molar-refractivity contribution in [1.82, 2.24) is 4.98 Å². The van der Waals surface area contributed by atoms with E-state index in [4.69, 9.17) is 4.74 Å². The van der Waals surface area contributed by atoms with Crippen molar-refractivity contribution in [3.05, 3.63) is 48.2 Å². The first-order valence-electron chi connectivity index (χ1n) is 7.40. The Bertz CT molecular complexity index is 695. The van der Waals surface area contributed by atoms with E-state index in [0.717, 1.165) is 16.1 Å². The van der Waals surface area contributed by atoms with Gasteiger partial charge in [-0.05, 0) is 69.8 Å². The van der Waals surface area contributed by atoms with E-state index in [-0.39, 0.29) is 0 Å². The quantitative estimate of drug-likeness (QED) is 0.727. The number of nitrogens with zero attached hydrogens (tertiary/aromatic N) is 2. The number of aryl methyl sites for hydroxylation is 1. The van der Waals surface area contributed by atoms with Gasteiger partial charge in [-0.2, -0.15) is 0 Å². The van der Waals surface area contributed by atoms with Crippen molar-refractivity contribution in [1.29, 1.82) is 0 Å². The molecule has 1 aromatic heterocycles. The van der Waals surface area contributed by atoms with Crippen LogP contribution in [0, 0.1) is 6.92 Å². The highest BCUT2D eigenvalue weighted by Gasteiger charge is 2.26. The standard InChI is InChI=1S/C18H22N2O2S/c1-13-9-10-19-16(11-13)20(17(21)22-18(2,3)4)14-7-6-8-15(12-14)23-5/h6-12H,1-5H3. The Hall–Kier alpha value is -2.01. The van der Waals surface area contributed by atoms with Gasteiger partial charge in [-0.1, -0.05) is 6.07 Å². The van der Waals surface area contributed by atoms with Gasteiger partial charge in [0.15, 0.2) is 0 Å². The van der Waals surface area contributed by atoms with E-state index in [1.807, 2.05) is 70.3 Å². The van der Waals surface area contributed by atoms with E-state index >= 15 is 0 Å². The number of ether oxygens (including phenoxy) is 1. The van der Waals surface area contributed by atoms with E-state index in [9.17, 15) is 4.79 Å². The minimum atomic E-state index is -0.573. The Balaban J connectivity index is 2.48. The molecule has 2 aromatic rings. The topological polar surface area (TPSA) is 42.4 Å². The molecule has 23 heavy (non-hydrogen) atoms. The summed E-state index contributed by atoms with van der Waals surface area (Å²) >= 11 is 1.62. The molecule has 4 nitrogen and oxygen atoms in total. The molecule has 122 valence electrons. The van der Waals surface area contributed by atoms with Crippen LogP contribution in [0.2, 0.25) is 0 Å². The summed E-state index contributed by atoms with van der Waals surface area (Å²) in [4.78, 5) is 19.7. The van der Waals surface area contributed by atoms with E-state index in [1.54, 1.807) is 18.0 Å². The van der Waals surface area contributed by atoms with Gasteiger partial charge in [-0.15, -0.1) is 11.8 Å². The number of rotatable bonds is 3. The summed E-state index contributed by atoms with van der Waals surface area (Å²) in [5, 5.41) is 0. The van der Waals surface area contributed by atoms with Gasteiger partial charge in [0.05, 0.1) is 5.69 Å². The molecule has 0 aliphatic heterocycles. The predicted molar refractivity (Wildman–Crippen MR) is 95.6 cm³/mol. The summed E-state index contributed by atoms with van der Waals surface area (Å²) in [6, 6.07) is 11.5. The second-order valence-corrected chi connectivity index (χ2v) is 7.09. The van der Waals surface area contributed by atoms with Crippen LogP contribution >= 0.6 is 11.8 Å². The van der Waals surface area contributed by atoms with Gasteiger partial charge in [-0.3, -0.25) is 0 Å². The summed E-state index contributed by atoms with van der Waals surface area (Å²) < 4.78 is 5.56. The smallest absolute Gasteiger partial charge is 0.420 e. The highest BCUT2D eigenvalue weighted by molar-refractivity contribution is 7.98. The molecule has 1 heterocycles. The van der Waals surface area contributed by atoms with Gasteiger partial charge < -0.3 is 4.74 Å². The second-order valence-electron chi connectivity index (χ2n) is 6.21. The molecule has 0 radical (unpaired) electrons. The van der Waals surface area contributed by atoms with E-state index in [1.165, 1.54) is 4.90 Å². The van der Waals surface area contributed by atoms with Gasteiger partial charge in [0.2, 0.25) is 0 Å². The van der Waals surface area contributed by atoms with Crippen LogP contribution in [0.15, 0.2) is 47.5 Å². The summed E-state index contributed by atoms with van der Waals surface area (Å²) in [6.45, 7) is 7.53. The van der Waals surface area contributed by atoms with Crippen LogP contribution in [-0.2, 0) is 4.74 Å². The van der Waals surface area contributed by atoms with Crippen molar-refractivity contribution in [2.24, 2.45) is 0 Å². The molecular weight excluding hydrogens is 308 g/mol. The molecule has 0 N–H and O–H groups in total. The molecule has 1 amide bonds. The van der Waals surface area contributed by atoms with Crippen LogP contribution < -0.4 is 4.90 Å². The molecular formula is C18H22N2O2S. The minimum Gasteiger partial charge on any atom is -0.443 e. The zero-order chi connectivity index (χ0) is 17.0. The van der Waals surface area contributed by atoms with Gasteiger partial charge in [0.25, 0.3) is 0 Å². The number of anilines is 2. The number of carbonyl (C=O) groups excluding carboxylic acids is 1. The number of amides is 1. The average Bonchev–Trinajstić information content (AvgIpc) is 2.46. The van der Waals surface area contributed by atoms with Crippen molar-refractivity contribution < 1.29 is 9.53 Å². The lowest BCUT2D eigenvalue weighted by atomic mass is 10.2. The number of hydrogen-bond acceptors (Lipinski definition) is 4. The lowest BCUT2D eigenvalue weighted by Crippen LogP contribution is -2.34. The van der Waals surface area contributed by atoms with Crippen LogP contribution in [0.3, 0.4) is 0 Å². The number of carbonyl (C=O) groups is 1. The normalized spacial score (nSPS) is 11.2. The van der Waals surface area contributed by atoms with Gasteiger partial charge in [-0.25, -0.2) is 14.7 Å². The Labute approximate surface area is 141 Å². The first-order valence-corrected chi connectivity index (χ1v) is 8.62. The minimum absolute atomic E-state index is 0.436. The summed E-state index contributed by atoms with van der Waals surface area (Å²) in [5.74, 6) is 0.553. The molecule has 0 spiro atoms. The van der Waals surface area contributed by atoms with Gasteiger partial charge in [0, 0.05) is 11.1 Å². The predicted octanol–water partition coefficient (Wildman–Crippen LogP) is 5.19. The monoisotopic (exact) mass is 330 g/mol. The van der Waals surface area contributed by atoms with E-state index in [0.29, 0.717) is 5.82 Å². The largest absolute Gasteiger partial charge is 0.443 e. The van der Waals surface area contributed by atoms with Crippen LogP contribution in [0.1, 0.15) is 26.3 Å². The van der Waals surface area contributed by atoms with Crippen molar-refractivity contribution in [3.8, 4) is 0 Å². The van der Waals surface area contributed by atoms with Crippen LogP contribution in [0.5, 0.6) is 0 Å². The SMILES string of the molecule is CSc1cccc(N(C(=O)OC(C)(C)C)c2cc(C)ccn2)c1.